The van der Waals surface area contributed by atoms with Crippen LogP contribution < -0.4 is 11.1 Å². The molecule has 3 N–H and O–H groups in total. The van der Waals surface area contributed by atoms with Gasteiger partial charge in [-0.2, -0.15) is 0 Å². The summed E-state index contributed by atoms with van der Waals surface area (Å²) in [5.41, 5.74) is 5.30. The molecule has 124 valence electrons. The maximum atomic E-state index is 12.1. The zero-order valence-corrected chi connectivity index (χ0v) is 14.3. The molecule has 0 radical (unpaired) electrons. The average Bonchev–Trinajstić information content (AvgIpc) is 2.90. The van der Waals surface area contributed by atoms with Gasteiger partial charge in [0.2, 0.25) is 5.91 Å². The van der Waals surface area contributed by atoms with Gasteiger partial charge in [-0.15, -0.1) is 0 Å². The first-order valence-corrected chi connectivity index (χ1v) is 9.63. The van der Waals surface area contributed by atoms with Gasteiger partial charge in [-0.25, -0.2) is 8.42 Å². The Morgan fingerprint density at radius 2 is 1.90 bits per heavy atom. The summed E-state index contributed by atoms with van der Waals surface area (Å²) in [4.78, 5) is 12.0. The molecule has 1 rings (SSSR count). The molecule has 0 saturated heterocycles. The third kappa shape index (κ3) is 5.94. The average molecular weight is 318 g/mol. The van der Waals surface area contributed by atoms with E-state index >= 15 is 0 Å². The van der Waals surface area contributed by atoms with Gasteiger partial charge in [0, 0.05) is 18.5 Å². The first-order chi connectivity index (χ1) is 9.68. The molecule has 0 aliphatic heterocycles. The Hall–Kier alpha value is -0.620. The molecule has 1 unspecified atom stereocenters. The summed E-state index contributed by atoms with van der Waals surface area (Å²) < 4.78 is 24.3. The van der Waals surface area contributed by atoms with Crippen molar-refractivity contribution >= 4 is 15.7 Å². The summed E-state index contributed by atoms with van der Waals surface area (Å²) in [6.07, 6.45) is 4.28. The number of hydrogen-bond acceptors (Lipinski definition) is 4. The third-order valence-corrected chi connectivity index (χ3v) is 6.43. The van der Waals surface area contributed by atoms with E-state index in [-0.39, 0.29) is 23.3 Å². The van der Waals surface area contributed by atoms with E-state index in [2.05, 4.69) is 19.2 Å². The lowest BCUT2D eigenvalue weighted by Gasteiger charge is -2.31. The van der Waals surface area contributed by atoms with Crippen LogP contribution in [-0.2, 0) is 14.6 Å². The van der Waals surface area contributed by atoms with Crippen LogP contribution in [-0.4, -0.2) is 37.4 Å². The number of nitrogens with two attached hydrogens (primary N) is 1. The minimum Gasteiger partial charge on any atom is -0.350 e. The second kappa shape index (κ2) is 7.58. The van der Waals surface area contributed by atoms with Crippen LogP contribution in [0.5, 0.6) is 0 Å². The molecule has 0 heterocycles. The fraction of sp³-hybridized carbons (Fsp3) is 0.933. The van der Waals surface area contributed by atoms with E-state index < -0.39 is 15.4 Å². The normalized spacial score (nSPS) is 19.7. The van der Waals surface area contributed by atoms with Crippen LogP contribution in [0.15, 0.2) is 0 Å². The third-order valence-electron chi connectivity index (χ3n) is 4.17. The van der Waals surface area contributed by atoms with E-state index in [1.807, 2.05) is 6.92 Å². The molecule has 5 nitrogen and oxygen atoms in total. The van der Waals surface area contributed by atoms with Gasteiger partial charge in [-0.05, 0) is 32.1 Å². The summed E-state index contributed by atoms with van der Waals surface area (Å²) in [5.74, 6) is 0.150. The Kier molecular flexibility index (Phi) is 6.66. The zero-order chi connectivity index (χ0) is 16.1. The van der Waals surface area contributed by atoms with Crippen molar-refractivity contribution < 1.29 is 13.2 Å². The van der Waals surface area contributed by atoms with Crippen LogP contribution in [0, 0.1) is 5.92 Å². The number of hydrogen-bond donors (Lipinski definition) is 2. The quantitative estimate of drug-likeness (QED) is 0.711. The van der Waals surface area contributed by atoms with Crippen LogP contribution in [0.1, 0.15) is 59.3 Å². The Morgan fingerprint density at radius 1 is 1.33 bits per heavy atom. The van der Waals surface area contributed by atoms with Gasteiger partial charge in [0.15, 0.2) is 9.84 Å². The molecule has 1 aliphatic rings. The number of nitrogens with one attached hydrogen (secondary N) is 1. The van der Waals surface area contributed by atoms with Crippen molar-refractivity contribution in [1.29, 1.82) is 0 Å². The van der Waals surface area contributed by atoms with E-state index in [0.717, 1.165) is 32.1 Å². The lowest BCUT2D eigenvalue weighted by Crippen LogP contribution is -2.52. The predicted octanol–water partition coefficient (Wildman–Crippen LogP) is 1.61. The summed E-state index contributed by atoms with van der Waals surface area (Å²) in [5, 5.41) is 2.67. The predicted molar refractivity (Wildman–Crippen MR) is 85.7 cm³/mol. The molecule has 1 saturated carbocycles. The van der Waals surface area contributed by atoms with Gasteiger partial charge in [0.1, 0.15) is 0 Å². The summed E-state index contributed by atoms with van der Waals surface area (Å²) in [7, 11) is -3.13. The maximum absolute atomic E-state index is 12.1. The Labute approximate surface area is 129 Å². The van der Waals surface area contributed by atoms with Gasteiger partial charge >= 0.3 is 0 Å². The highest BCUT2D eigenvalue weighted by molar-refractivity contribution is 7.92. The Bertz CT molecular complexity index is 442. The molecule has 21 heavy (non-hydrogen) atoms. The number of carbonyl (C=O) groups is 1. The molecule has 0 aromatic carbocycles. The molecule has 0 spiro atoms. The van der Waals surface area contributed by atoms with Gasteiger partial charge in [-0.1, -0.05) is 26.7 Å². The van der Waals surface area contributed by atoms with Crippen molar-refractivity contribution in [3.63, 3.8) is 0 Å². The second-order valence-corrected chi connectivity index (χ2v) is 9.34. The molecule has 0 aromatic rings. The molecule has 0 aromatic heterocycles. The van der Waals surface area contributed by atoms with Crippen molar-refractivity contribution in [2.24, 2.45) is 11.7 Å². The first kappa shape index (κ1) is 18.4. The van der Waals surface area contributed by atoms with E-state index in [4.69, 9.17) is 5.73 Å². The van der Waals surface area contributed by atoms with Gasteiger partial charge in [0.25, 0.3) is 0 Å². The highest BCUT2D eigenvalue weighted by atomic mass is 32.2. The largest absolute Gasteiger partial charge is 0.350 e. The number of rotatable bonds is 8. The van der Waals surface area contributed by atoms with Crippen LogP contribution in [0.4, 0.5) is 0 Å². The standard InChI is InChI=1S/C15H30N2O3S/c1-12(2)10-15(3,11-16)17-14(18)8-9-21(19,20)13-6-4-5-7-13/h12-13H,4-11,16H2,1-3H3,(H,17,18). The smallest absolute Gasteiger partial charge is 0.221 e. The van der Waals surface area contributed by atoms with Crippen molar-refractivity contribution in [3.8, 4) is 0 Å². The molecule has 1 fully saturated rings. The Balaban J connectivity index is 2.49. The van der Waals surface area contributed by atoms with E-state index in [0.29, 0.717) is 12.5 Å². The first-order valence-electron chi connectivity index (χ1n) is 7.91. The van der Waals surface area contributed by atoms with E-state index in [1.165, 1.54) is 0 Å². The van der Waals surface area contributed by atoms with Crippen LogP contribution >= 0.6 is 0 Å². The fourth-order valence-electron chi connectivity index (χ4n) is 3.13. The lowest BCUT2D eigenvalue weighted by atomic mass is 9.90. The van der Waals surface area contributed by atoms with Crippen LogP contribution in [0.2, 0.25) is 0 Å². The highest BCUT2D eigenvalue weighted by Gasteiger charge is 2.30. The van der Waals surface area contributed by atoms with E-state index in [1.54, 1.807) is 0 Å². The number of amides is 1. The summed E-state index contributed by atoms with van der Waals surface area (Å²) in [6, 6.07) is 0. The minimum atomic E-state index is -3.13. The molecule has 1 atom stereocenters. The monoisotopic (exact) mass is 318 g/mol. The fourth-order valence-corrected chi connectivity index (χ4v) is 4.99. The molecule has 1 aliphatic carbocycles. The lowest BCUT2D eigenvalue weighted by molar-refractivity contribution is -0.122. The Morgan fingerprint density at radius 3 is 2.38 bits per heavy atom. The van der Waals surface area contributed by atoms with Crippen LogP contribution in [0.3, 0.4) is 0 Å². The number of sulfone groups is 1. The van der Waals surface area contributed by atoms with Gasteiger partial charge in [0.05, 0.1) is 11.0 Å². The number of carbonyl (C=O) groups excluding carboxylic acids is 1. The molecular formula is C15H30N2O3S. The zero-order valence-electron chi connectivity index (χ0n) is 13.5. The summed E-state index contributed by atoms with van der Waals surface area (Å²) >= 11 is 0. The minimum absolute atomic E-state index is 0.0342. The summed E-state index contributed by atoms with van der Waals surface area (Å²) in [6.45, 7) is 6.41. The van der Waals surface area contributed by atoms with Crippen molar-refractivity contribution in [2.75, 3.05) is 12.3 Å². The van der Waals surface area contributed by atoms with Crippen LogP contribution in [0.25, 0.3) is 0 Å². The molecule has 0 bridgehead atoms. The molecule has 1 amide bonds. The topological polar surface area (TPSA) is 89.3 Å². The van der Waals surface area contributed by atoms with Gasteiger partial charge < -0.3 is 11.1 Å². The van der Waals surface area contributed by atoms with Crippen molar-refractivity contribution in [2.45, 2.75) is 70.1 Å². The van der Waals surface area contributed by atoms with Crippen molar-refractivity contribution in [3.05, 3.63) is 0 Å². The SMILES string of the molecule is CC(C)CC(C)(CN)NC(=O)CCS(=O)(=O)C1CCCC1. The second-order valence-electron chi connectivity index (χ2n) is 6.93. The molecular weight excluding hydrogens is 288 g/mol. The maximum Gasteiger partial charge on any atom is 0.221 e. The van der Waals surface area contributed by atoms with Gasteiger partial charge in [-0.3, -0.25) is 4.79 Å². The molecule has 6 heteroatoms. The van der Waals surface area contributed by atoms with Crippen molar-refractivity contribution in [1.82, 2.24) is 5.32 Å². The van der Waals surface area contributed by atoms with E-state index in [9.17, 15) is 13.2 Å². The highest BCUT2D eigenvalue weighted by Crippen LogP contribution is 2.25.